The molecule has 3 N–H and O–H groups in total. The fourth-order valence-corrected chi connectivity index (χ4v) is 18.7. The van der Waals surface area contributed by atoms with E-state index >= 15 is 4.79 Å². The first-order chi connectivity index (χ1) is 44.9. The van der Waals surface area contributed by atoms with Crippen molar-refractivity contribution in [2.45, 2.75) is 240 Å². The van der Waals surface area contributed by atoms with Gasteiger partial charge in [-0.1, -0.05) is 57.2 Å². The van der Waals surface area contributed by atoms with E-state index in [-0.39, 0.29) is 24.7 Å². The van der Waals surface area contributed by atoms with Crippen molar-refractivity contribution < 1.29 is 105 Å². The smallest absolute Gasteiger partial charge is 0.328 e. The summed E-state index contributed by atoms with van der Waals surface area (Å²) in [5.74, 6) is -19.5. The Morgan fingerprint density at radius 1 is 0.562 bits per heavy atom. The molecular formula is C72H96N2O22. The van der Waals surface area contributed by atoms with Gasteiger partial charge in [-0.25, -0.2) is 4.79 Å². The molecule has 526 valence electrons. The number of ketones is 10. The molecule has 24 heteroatoms. The first-order valence-electron chi connectivity index (χ1n) is 33.5. The van der Waals surface area contributed by atoms with E-state index in [1.807, 2.05) is 6.92 Å². The molecule has 7 aliphatic rings. The number of rotatable bonds is 28. The van der Waals surface area contributed by atoms with Gasteiger partial charge in [-0.15, -0.1) is 0 Å². The summed E-state index contributed by atoms with van der Waals surface area (Å²) >= 11 is 0. The Hall–Kier alpha value is -6.70. The van der Waals surface area contributed by atoms with Gasteiger partial charge in [0.1, 0.15) is 82.1 Å². The first kappa shape index (κ1) is 75.1. The van der Waals surface area contributed by atoms with Crippen molar-refractivity contribution in [1.82, 2.24) is 10.6 Å². The van der Waals surface area contributed by atoms with Crippen molar-refractivity contribution in [2.24, 2.45) is 69.5 Å². The minimum Gasteiger partial charge on any atom is -0.481 e. The number of hydrogen-bond acceptors (Lipinski definition) is 21. The van der Waals surface area contributed by atoms with E-state index in [0.29, 0.717) is 62.5 Å². The van der Waals surface area contributed by atoms with Crippen LogP contribution in [-0.2, 0) is 107 Å². The summed E-state index contributed by atoms with van der Waals surface area (Å²) in [5.41, 5.74) is -2.14. The SMILES string of the molecule is C=C1C[C@@]23CC[C@H]4[C@@](C)(CCC[C@@]4(C)C(=O)N[C@@H](CC(=O)O)C(=O)N[C@@H](Cc4ccccc4)C(=O)OC)[C@@H]2CC[C@]1(O[C@@H]1O[C@H](CC(C)=O)[C@@H](C(C)=O)[C@H](O[C@@H]2O[C@H](CC(C)=O)[C@@H](C(C)=O)[C@H](C(C)=O)[C@H]2C(C)=O)[C@H]1O[C@@H]1O[C@H](CC(C)=O)[C@@H](C(C)=O)[C@H](C(C)=O)[C@H]1C(C)=O)C3. The molecule has 1 aromatic rings. The van der Waals surface area contributed by atoms with Gasteiger partial charge >= 0.3 is 11.9 Å². The van der Waals surface area contributed by atoms with Gasteiger partial charge in [-0.2, -0.15) is 0 Å². The van der Waals surface area contributed by atoms with Crippen molar-refractivity contribution >= 4 is 81.6 Å². The molecule has 3 saturated heterocycles. The number of carboxylic acids is 1. The van der Waals surface area contributed by atoms with Gasteiger partial charge in [-0.3, -0.25) is 62.3 Å². The average Bonchev–Trinajstić information content (AvgIpc) is 1.42. The molecule has 0 unspecified atom stereocenters. The zero-order valence-electron chi connectivity index (χ0n) is 57.5. The first-order valence-corrected chi connectivity index (χ1v) is 33.5. The highest BCUT2D eigenvalue weighted by molar-refractivity contribution is 5.96. The van der Waals surface area contributed by atoms with Crippen LogP contribution in [0.15, 0.2) is 42.5 Å². The Balaban J connectivity index is 1.19. The number of esters is 1. The third kappa shape index (κ3) is 15.1. The molecule has 2 bridgehead atoms. The molecule has 4 saturated carbocycles. The van der Waals surface area contributed by atoms with Gasteiger partial charge in [0.15, 0.2) is 18.9 Å². The standard InChI is InChI=1S/C72H96N2O22/c1-34-32-71-25-21-51-69(12,23-18-24-70(51,13)68(89)74-46(31-53(85)86)63(87)73-47(64(88)90-14)30-45-19-16-15-17-20-45)52(71)22-26-72(34,33-71)96-67-62(95-66-60(44(11)84)58(42(9)82)55(39(6)79)49(92-66)28-36(3)76)61(56(40(7)80)50(93-67)29-37(4)77)94-65-59(43(10)83)57(41(8)81)54(38(5)78)48(91-65)27-35(2)75/h15-17,19-20,46-52,54-62,65-67H,1,18,21-33H2,2-14H3,(H,73,87)(H,74,89)(H,85,86)/t46-,47-,48+,49+,50+,51-,52-,54+,55+,56+,57-,58-,59+,60+,61-,62+,65-,66-,67-,69+,70+,71+,72-/m0/s1. The number of fused-ring (bicyclic) bond motifs is 3. The van der Waals surface area contributed by atoms with Crippen molar-refractivity contribution in [3.05, 3.63) is 48.0 Å². The molecule has 8 rings (SSSR count). The zero-order valence-corrected chi connectivity index (χ0v) is 57.5. The van der Waals surface area contributed by atoms with Gasteiger partial charge in [0.25, 0.3) is 0 Å². The number of nitrogens with one attached hydrogen (secondary N) is 2. The molecule has 4 aliphatic carbocycles. The number of carbonyl (C=O) groups excluding carboxylic acids is 13. The highest BCUT2D eigenvalue weighted by Gasteiger charge is 2.70. The van der Waals surface area contributed by atoms with E-state index in [9.17, 15) is 67.4 Å². The Morgan fingerprint density at radius 2 is 1.03 bits per heavy atom. The second kappa shape index (κ2) is 29.8. The molecule has 24 nitrogen and oxygen atoms in total. The number of hydrogen-bond donors (Lipinski definition) is 3. The number of aliphatic carboxylic acids is 1. The molecule has 2 amide bonds. The molecule has 1 aromatic carbocycles. The molecule has 3 aliphatic heterocycles. The number of methoxy groups -OCH3 is 1. The summed E-state index contributed by atoms with van der Waals surface area (Å²) in [4.78, 5) is 192. The normalized spacial score (nSPS) is 36.8. The molecular weight excluding hydrogens is 1240 g/mol. The van der Waals surface area contributed by atoms with Gasteiger partial charge in [0.2, 0.25) is 11.8 Å². The van der Waals surface area contributed by atoms with Crippen LogP contribution in [0.5, 0.6) is 0 Å². The third-order valence-corrected chi connectivity index (χ3v) is 22.6. The van der Waals surface area contributed by atoms with Crippen molar-refractivity contribution in [2.75, 3.05) is 7.11 Å². The van der Waals surface area contributed by atoms with Crippen LogP contribution in [0.3, 0.4) is 0 Å². The number of benzene rings is 1. The Labute approximate surface area is 560 Å². The topological polar surface area (TPSA) is 348 Å². The quantitative estimate of drug-likeness (QED) is 0.0472. The fraction of sp³-hybridized carbons (Fsp3) is 0.694. The van der Waals surface area contributed by atoms with Crippen LogP contribution in [-0.4, -0.2) is 161 Å². The monoisotopic (exact) mass is 1340 g/mol. The van der Waals surface area contributed by atoms with Crippen molar-refractivity contribution in [3.63, 3.8) is 0 Å². The lowest BCUT2D eigenvalue weighted by Crippen LogP contribution is -2.66. The van der Waals surface area contributed by atoms with Gasteiger partial charge in [0, 0.05) is 42.9 Å². The minimum absolute atomic E-state index is 0.0358. The Morgan fingerprint density at radius 3 is 1.50 bits per heavy atom. The average molecular weight is 1340 g/mol. The van der Waals surface area contributed by atoms with Crippen molar-refractivity contribution in [3.8, 4) is 0 Å². The molecule has 0 aromatic heterocycles. The molecule has 7 fully saturated rings. The lowest BCUT2D eigenvalue weighted by molar-refractivity contribution is -0.375. The number of amides is 2. The van der Waals surface area contributed by atoms with Crippen LogP contribution in [0, 0.1) is 69.5 Å². The van der Waals surface area contributed by atoms with Crippen molar-refractivity contribution in [1.29, 1.82) is 0 Å². The summed E-state index contributed by atoms with van der Waals surface area (Å²) in [7, 11) is 1.17. The second-order valence-corrected chi connectivity index (χ2v) is 29.3. The second-order valence-electron chi connectivity index (χ2n) is 29.3. The van der Waals surface area contributed by atoms with Gasteiger partial charge < -0.3 is 48.9 Å². The summed E-state index contributed by atoms with van der Waals surface area (Å²) in [6.07, 6.45) is -10.6. The van der Waals surface area contributed by atoms with Crippen LogP contribution in [0.2, 0.25) is 0 Å². The van der Waals surface area contributed by atoms with Crippen LogP contribution in [0.1, 0.15) is 172 Å². The lowest BCUT2D eigenvalue weighted by atomic mass is 9.40. The predicted molar refractivity (Wildman–Crippen MR) is 339 cm³/mol. The van der Waals surface area contributed by atoms with Gasteiger partial charge in [-0.05, 0) is 154 Å². The maximum Gasteiger partial charge on any atom is 0.328 e. The van der Waals surface area contributed by atoms with Crippen LogP contribution in [0.25, 0.3) is 0 Å². The number of ether oxygens (including phenoxy) is 7. The number of Topliss-reactive ketones (excluding diaryl/α,β-unsaturated/α-hetero) is 10. The highest BCUT2D eigenvalue weighted by atomic mass is 16.8. The number of carboxylic acid groups (broad SMARTS) is 1. The van der Waals surface area contributed by atoms with E-state index in [0.717, 1.165) is 0 Å². The largest absolute Gasteiger partial charge is 0.481 e. The Kier molecular flexibility index (Phi) is 23.3. The van der Waals surface area contributed by atoms with Crippen LogP contribution in [0.4, 0.5) is 0 Å². The van der Waals surface area contributed by atoms with Gasteiger partial charge in [0.05, 0.1) is 67.0 Å². The third-order valence-electron chi connectivity index (χ3n) is 22.6. The van der Waals surface area contributed by atoms with E-state index in [2.05, 4.69) is 24.1 Å². The van der Waals surface area contributed by atoms with E-state index in [4.69, 9.17) is 33.2 Å². The molecule has 0 radical (unpaired) electrons. The molecule has 96 heavy (non-hydrogen) atoms. The molecule has 3 heterocycles. The lowest BCUT2D eigenvalue weighted by Gasteiger charge is -2.64. The maximum absolute atomic E-state index is 15.1. The summed E-state index contributed by atoms with van der Waals surface area (Å²) < 4.78 is 46.7. The zero-order chi connectivity index (χ0) is 71.0. The van der Waals surface area contributed by atoms with E-state index in [1.54, 1.807) is 30.3 Å². The Bertz CT molecular complexity index is 3290. The van der Waals surface area contributed by atoms with E-state index in [1.165, 1.54) is 76.3 Å². The van der Waals surface area contributed by atoms with E-state index < -0.39 is 232 Å². The summed E-state index contributed by atoms with van der Waals surface area (Å²) in [6.45, 7) is 20.9. The minimum atomic E-state index is -1.82. The van der Waals surface area contributed by atoms with Crippen LogP contribution >= 0.6 is 0 Å². The maximum atomic E-state index is 15.1. The summed E-state index contributed by atoms with van der Waals surface area (Å²) in [5, 5.41) is 15.6. The summed E-state index contributed by atoms with van der Waals surface area (Å²) in [6, 6.07) is 6.09. The number of carbonyl (C=O) groups is 14. The van der Waals surface area contributed by atoms with Crippen LogP contribution < -0.4 is 10.6 Å². The molecule has 1 spiro atoms. The molecule has 23 atom stereocenters. The predicted octanol–water partition coefficient (Wildman–Crippen LogP) is 6.27. The highest BCUT2D eigenvalue weighted by Crippen LogP contribution is 2.74. The fourth-order valence-electron chi connectivity index (χ4n) is 18.7.